The van der Waals surface area contributed by atoms with Crippen molar-refractivity contribution >= 4 is 5.91 Å². The highest BCUT2D eigenvalue weighted by Gasteiger charge is 2.01. The summed E-state index contributed by atoms with van der Waals surface area (Å²) < 4.78 is 0. The summed E-state index contributed by atoms with van der Waals surface area (Å²) in [5, 5.41) is 6.24. The third-order valence-corrected chi connectivity index (χ3v) is 3.19. The number of hydrogen-bond acceptors (Lipinski definition) is 2. The van der Waals surface area contributed by atoms with E-state index in [9.17, 15) is 4.79 Å². The van der Waals surface area contributed by atoms with Crippen molar-refractivity contribution in [1.82, 2.24) is 10.6 Å². The van der Waals surface area contributed by atoms with E-state index in [2.05, 4.69) is 17.6 Å². The summed E-state index contributed by atoms with van der Waals surface area (Å²) in [6, 6.07) is 0.250. The molecule has 0 bridgehead atoms. The summed E-state index contributed by atoms with van der Waals surface area (Å²) >= 11 is 0. The van der Waals surface area contributed by atoms with Crippen molar-refractivity contribution in [3.63, 3.8) is 0 Å². The molecule has 0 spiro atoms. The Morgan fingerprint density at radius 3 is 2.05 bits per heavy atom. The molecule has 3 heteroatoms. The minimum absolute atomic E-state index is 0.151. The summed E-state index contributed by atoms with van der Waals surface area (Å²) in [7, 11) is 0. The fourth-order valence-electron chi connectivity index (χ4n) is 2.10. The summed E-state index contributed by atoms with van der Waals surface area (Å²) in [6.45, 7) is 8.09. The van der Waals surface area contributed by atoms with Crippen molar-refractivity contribution in [1.29, 1.82) is 0 Å². The fraction of sp³-hybridized carbons (Fsp3) is 0.938. The van der Waals surface area contributed by atoms with Gasteiger partial charge < -0.3 is 10.6 Å². The fourth-order valence-corrected chi connectivity index (χ4v) is 2.10. The molecular weight excluding hydrogens is 236 g/mol. The summed E-state index contributed by atoms with van der Waals surface area (Å²) in [4.78, 5) is 11.4. The van der Waals surface area contributed by atoms with E-state index in [0.717, 1.165) is 13.1 Å². The van der Waals surface area contributed by atoms with Crippen molar-refractivity contribution in [3.05, 3.63) is 0 Å². The zero-order valence-electron chi connectivity index (χ0n) is 13.3. The molecule has 0 aromatic rings. The number of nitrogens with one attached hydrogen (secondary N) is 2. The molecule has 19 heavy (non-hydrogen) atoms. The van der Waals surface area contributed by atoms with E-state index < -0.39 is 0 Å². The number of amides is 1. The van der Waals surface area contributed by atoms with Crippen LogP contribution in [0.5, 0.6) is 0 Å². The predicted molar refractivity (Wildman–Crippen MR) is 83.4 cm³/mol. The van der Waals surface area contributed by atoms with Crippen LogP contribution in [0.3, 0.4) is 0 Å². The highest BCUT2D eigenvalue weighted by atomic mass is 16.1. The maximum absolute atomic E-state index is 11.4. The van der Waals surface area contributed by atoms with Crippen LogP contribution < -0.4 is 10.6 Å². The van der Waals surface area contributed by atoms with Crippen LogP contribution in [-0.2, 0) is 4.79 Å². The van der Waals surface area contributed by atoms with E-state index in [0.29, 0.717) is 6.42 Å². The van der Waals surface area contributed by atoms with Gasteiger partial charge in [0.2, 0.25) is 5.91 Å². The van der Waals surface area contributed by atoms with Crippen LogP contribution >= 0.6 is 0 Å². The average Bonchev–Trinajstić information content (AvgIpc) is 2.35. The highest BCUT2D eigenvalue weighted by molar-refractivity contribution is 5.76. The minimum atomic E-state index is 0.151. The largest absolute Gasteiger partial charge is 0.354 e. The van der Waals surface area contributed by atoms with Crippen LogP contribution in [0.2, 0.25) is 0 Å². The van der Waals surface area contributed by atoms with Gasteiger partial charge in [-0.15, -0.1) is 0 Å². The second-order valence-corrected chi connectivity index (χ2v) is 5.70. The van der Waals surface area contributed by atoms with Gasteiger partial charge in [0.1, 0.15) is 0 Å². The lowest BCUT2D eigenvalue weighted by molar-refractivity contribution is -0.121. The third kappa shape index (κ3) is 15.4. The van der Waals surface area contributed by atoms with Gasteiger partial charge in [-0.1, -0.05) is 51.9 Å². The average molecular weight is 270 g/mol. The van der Waals surface area contributed by atoms with Gasteiger partial charge in [-0.25, -0.2) is 0 Å². The molecule has 0 saturated carbocycles. The minimum Gasteiger partial charge on any atom is -0.354 e. The van der Waals surface area contributed by atoms with Crippen molar-refractivity contribution in [3.8, 4) is 0 Å². The molecule has 114 valence electrons. The SMILES string of the molecule is CCCCCCCCCCNCCC(=O)NC(C)C. The van der Waals surface area contributed by atoms with Crippen LogP contribution in [0.15, 0.2) is 0 Å². The summed E-state index contributed by atoms with van der Waals surface area (Å²) in [5.41, 5.74) is 0. The van der Waals surface area contributed by atoms with Gasteiger partial charge in [-0.2, -0.15) is 0 Å². The quantitative estimate of drug-likeness (QED) is 0.502. The van der Waals surface area contributed by atoms with Crippen LogP contribution in [0, 0.1) is 0 Å². The Hall–Kier alpha value is -0.570. The van der Waals surface area contributed by atoms with Gasteiger partial charge >= 0.3 is 0 Å². The monoisotopic (exact) mass is 270 g/mol. The second kappa shape index (κ2) is 13.9. The van der Waals surface area contributed by atoms with E-state index in [1.807, 2.05) is 13.8 Å². The standard InChI is InChI=1S/C16H34N2O/c1-4-5-6-7-8-9-10-11-13-17-14-12-16(19)18-15(2)3/h15,17H,4-14H2,1-3H3,(H,18,19). The maximum atomic E-state index is 11.4. The summed E-state index contributed by atoms with van der Waals surface area (Å²) in [6.07, 6.45) is 11.4. The van der Waals surface area contributed by atoms with Gasteiger partial charge in [0.05, 0.1) is 0 Å². The molecular formula is C16H34N2O. The van der Waals surface area contributed by atoms with E-state index in [1.54, 1.807) is 0 Å². The summed E-state index contributed by atoms with van der Waals surface area (Å²) in [5.74, 6) is 0.151. The van der Waals surface area contributed by atoms with E-state index in [1.165, 1.54) is 51.4 Å². The number of rotatable bonds is 13. The van der Waals surface area contributed by atoms with Crippen LogP contribution in [-0.4, -0.2) is 25.0 Å². The topological polar surface area (TPSA) is 41.1 Å². The first kappa shape index (κ1) is 18.4. The van der Waals surface area contributed by atoms with E-state index >= 15 is 0 Å². The van der Waals surface area contributed by atoms with Gasteiger partial charge in [0.25, 0.3) is 0 Å². The Morgan fingerprint density at radius 1 is 0.895 bits per heavy atom. The molecule has 0 atom stereocenters. The normalized spacial score (nSPS) is 10.9. The Balaban J connectivity index is 3.08. The lowest BCUT2D eigenvalue weighted by Gasteiger charge is -2.08. The smallest absolute Gasteiger partial charge is 0.221 e. The number of hydrogen-bond donors (Lipinski definition) is 2. The zero-order chi connectivity index (χ0) is 14.3. The first-order chi connectivity index (χ1) is 9.16. The van der Waals surface area contributed by atoms with E-state index in [4.69, 9.17) is 0 Å². The molecule has 0 saturated heterocycles. The van der Waals surface area contributed by atoms with Crippen LogP contribution in [0.4, 0.5) is 0 Å². The lowest BCUT2D eigenvalue weighted by Crippen LogP contribution is -2.32. The molecule has 0 unspecified atom stereocenters. The molecule has 0 heterocycles. The van der Waals surface area contributed by atoms with Crippen molar-refractivity contribution in [2.75, 3.05) is 13.1 Å². The first-order valence-electron chi connectivity index (χ1n) is 8.17. The number of carbonyl (C=O) groups is 1. The molecule has 0 aromatic carbocycles. The van der Waals surface area contributed by atoms with Gasteiger partial charge in [-0.3, -0.25) is 4.79 Å². The molecule has 0 rings (SSSR count). The molecule has 0 fully saturated rings. The zero-order valence-corrected chi connectivity index (χ0v) is 13.3. The Morgan fingerprint density at radius 2 is 1.47 bits per heavy atom. The van der Waals surface area contributed by atoms with Gasteiger partial charge in [0, 0.05) is 19.0 Å². The number of unbranched alkanes of at least 4 members (excludes halogenated alkanes) is 7. The molecule has 0 aliphatic heterocycles. The molecule has 2 N–H and O–H groups in total. The molecule has 1 amide bonds. The first-order valence-corrected chi connectivity index (χ1v) is 8.17. The number of carbonyl (C=O) groups excluding carboxylic acids is 1. The molecule has 0 aliphatic rings. The lowest BCUT2D eigenvalue weighted by atomic mass is 10.1. The molecule has 0 aliphatic carbocycles. The predicted octanol–water partition coefficient (Wildman–Crippen LogP) is 3.63. The third-order valence-electron chi connectivity index (χ3n) is 3.19. The van der Waals surface area contributed by atoms with Crippen LogP contribution in [0.1, 0.15) is 78.6 Å². The highest BCUT2D eigenvalue weighted by Crippen LogP contribution is 2.07. The van der Waals surface area contributed by atoms with Gasteiger partial charge in [-0.05, 0) is 26.8 Å². The van der Waals surface area contributed by atoms with Gasteiger partial charge in [0.15, 0.2) is 0 Å². The van der Waals surface area contributed by atoms with Crippen molar-refractivity contribution in [2.24, 2.45) is 0 Å². The molecule has 3 nitrogen and oxygen atoms in total. The Kier molecular flexibility index (Phi) is 13.4. The maximum Gasteiger partial charge on any atom is 0.221 e. The Bertz CT molecular complexity index is 205. The van der Waals surface area contributed by atoms with E-state index in [-0.39, 0.29) is 11.9 Å². The molecule has 0 aromatic heterocycles. The van der Waals surface area contributed by atoms with Crippen molar-refractivity contribution in [2.45, 2.75) is 84.6 Å². The van der Waals surface area contributed by atoms with Crippen molar-refractivity contribution < 1.29 is 4.79 Å². The Labute approximate surface area is 119 Å². The van der Waals surface area contributed by atoms with Crippen LogP contribution in [0.25, 0.3) is 0 Å². The molecule has 0 radical (unpaired) electrons. The second-order valence-electron chi connectivity index (χ2n) is 5.70.